The van der Waals surface area contributed by atoms with E-state index in [9.17, 15) is 0 Å². The van der Waals surface area contributed by atoms with E-state index in [-0.39, 0.29) is 6.29 Å². The van der Waals surface area contributed by atoms with Gasteiger partial charge in [0.2, 0.25) is 0 Å². The summed E-state index contributed by atoms with van der Waals surface area (Å²) in [6, 6.07) is 0. The molecule has 0 bridgehead atoms. The molecule has 0 saturated carbocycles. The molecule has 0 N–H and O–H groups in total. The van der Waals surface area contributed by atoms with E-state index < -0.39 is 0 Å². The first-order valence-corrected chi connectivity index (χ1v) is 8.66. The molecule has 0 aromatic rings. The molecule has 1 aliphatic rings. The minimum absolute atomic E-state index is 0.0961. The topological polar surface area (TPSA) is 18.5 Å². The van der Waals surface area contributed by atoms with Crippen LogP contribution >= 0.6 is 22.6 Å². The van der Waals surface area contributed by atoms with E-state index >= 15 is 0 Å². The maximum absolute atomic E-state index is 5.71. The van der Waals surface area contributed by atoms with Crippen LogP contribution in [0.25, 0.3) is 0 Å². The number of unbranched alkanes of at least 4 members (excludes halogenated alkanes) is 6. The van der Waals surface area contributed by atoms with E-state index in [1.165, 1.54) is 57.8 Å². The van der Waals surface area contributed by atoms with Crippen molar-refractivity contribution in [3.8, 4) is 0 Å². The van der Waals surface area contributed by atoms with Crippen LogP contribution in [0.4, 0.5) is 0 Å². The number of rotatable bonds is 10. The molecule has 1 saturated heterocycles. The molecule has 18 heavy (non-hydrogen) atoms. The van der Waals surface area contributed by atoms with Crippen LogP contribution in [0.15, 0.2) is 10.2 Å². The lowest BCUT2D eigenvalue weighted by Crippen LogP contribution is -2.22. The van der Waals surface area contributed by atoms with E-state index in [4.69, 9.17) is 9.47 Å². The molecular formula is C15H27IO2. The first kappa shape index (κ1) is 16.4. The third kappa shape index (κ3) is 9.34. The van der Waals surface area contributed by atoms with Crippen molar-refractivity contribution >= 4 is 22.6 Å². The van der Waals surface area contributed by atoms with E-state index in [1.807, 2.05) is 0 Å². The van der Waals surface area contributed by atoms with Gasteiger partial charge in [-0.05, 0) is 42.6 Å². The number of halogens is 1. The highest BCUT2D eigenvalue weighted by atomic mass is 127. The predicted octanol–water partition coefficient (Wildman–Crippen LogP) is 5.21. The highest BCUT2D eigenvalue weighted by Crippen LogP contribution is 2.14. The second kappa shape index (κ2) is 12.4. The molecular weight excluding hydrogens is 339 g/mol. The molecule has 2 nitrogen and oxygen atoms in total. The van der Waals surface area contributed by atoms with Crippen molar-refractivity contribution in [1.29, 1.82) is 0 Å². The van der Waals surface area contributed by atoms with Gasteiger partial charge in [-0.1, -0.05) is 54.4 Å². The van der Waals surface area contributed by atoms with Crippen LogP contribution in [0.1, 0.15) is 64.2 Å². The Morgan fingerprint density at radius 3 is 2.56 bits per heavy atom. The van der Waals surface area contributed by atoms with Gasteiger partial charge in [-0.25, -0.2) is 0 Å². The normalized spacial score (nSPS) is 20.6. The molecule has 1 aliphatic heterocycles. The predicted molar refractivity (Wildman–Crippen MR) is 85.0 cm³/mol. The fraction of sp³-hybridized carbons (Fsp3) is 0.867. The molecule has 1 unspecified atom stereocenters. The zero-order chi connectivity index (χ0) is 12.9. The van der Waals surface area contributed by atoms with Crippen LogP contribution in [-0.2, 0) is 9.47 Å². The van der Waals surface area contributed by atoms with E-state index in [1.54, 1.807) is 0 Å². The highest BCUT2D eigenvalue weighted by molar-refractivity contribution is 14.1. The molecule has 3 heteroatoms. The molecule has 0 amide bonds. The Kier molecular flexibility index (Phi) is 11.4. The Labute approximate surface area is 126 Å². The zero-order valence-electron chi connectivity index (χ0n) is 11.4. The zero-order valence-corrected chi connectivity index (χ0v) is 13.6. The summed E-state index contributed by atoms with van der Waals surface area (Å²) in [6.45, 7) is 1.76. The van der Waals surface area contributed by atoms with Crippen LogP contribution in [-0.4, -0.2) is 19.5 Å². The van der Waals surface area contributed by atoms with Gasteiger partial charge in [-0.15, -0.1) is 0 Å². The van der Waals surface area contributed by atoms with Crippen LogP contribution in [0.5, 0.6) is 0 Å². The van der Waals surface area contributed by atoms with Crippen molar-refractivity contribution in [3.63, 3.8) is 0 Å². The molecule has 1 atom stereocenters. The highest BCUT2D eigenvalue weighted by Gasteiger charge is 2.13. The quantitative estimate of drug-likeness (QED) is 0.390. The second-order valence-corrected chi connectivity index (χ2v) is 5.66. The molecule has 1 heterocycles. The summed E-state index contributed by atoms with van der Waals surface area (Å²) < 4.78 is 13.4. The van der Waals surface area contributed by atoms with Gasteiger partial charge in [0.05, 0.1) is 0 Å². The number of hydrogen-bond acceptors (Lipinski definition) is 2. The van der Waals surface area contributed by atoms with Crippen molar-refractivity contribution in [3.05, 3.63) is 10.2 Å². The minimum atomic E-state index is 0.0961. The first-order valence-electron chi connectivity index (χ1n) is 7.42. The van der Waals surface area contributed by atoms with E-state index in [0.29, 0.717) is 0 Å². The Bertz CT molecular complexity index is 201. The summed E-state index contributed by atoms with van der Waals surface area (Å²) in [5.41, 5.74) is 0. The molecule has 1 fully saturated rings. The van der Waals surface area contributed by atoms with Gasteiger partial charge in [-0.3, -0.25) is 0 Å². The minimum Gasteiger partial charge on any atom is -0.353 e. The van der Waals surface area contributed by atoms with E-state index in [0.717, 1.165) is 19.6 Å². The molecule has 0 aromatic heterocycles. The maximum atomic E-state index is 5.71. The van der Waals surface area contributed by atoms with Crippen molar-refractivity contribution in [2.24, 2.45) is 0 Å². The van der Waals surface area contributed by atoms with Crippen LogP contribution in [0, 0.1) is 0 Å². The van der Waals surface area contributed by atoms with Gasteiger partial charge < -0.3 is 9.47 Å². The van der Waals surface area contributed by atoms with Crippen LogP contribution < -0.4 is 0 Å². The van der Waals surface area contributed by atoms with Gasteiger partial charge in [-0.2, -0.15) is 0 Å². The Morgan fingerprint density at radius 2 is 1.83 bits per heavy atom. The lowest BCUT2D eigenvalue weighted by atomic mass is 10.1. The third-order valence-corrected chi connectivity index (χ3v) is 3.80. The SMILES string of the molecule is I/C=C/CCCCCCCCOC1CCCCO1. The van der Waals surface area contributed by atoms with Crippen LogP contribution in [0.2, 0.25) is 0 Å². The smallest absolute Gasteiger partial charge is 0.157 e. The number of hydrogen-bond donors (Lipinski definition) is 0. The number of ether oxygens (including phenoxy) is 2. The Balaban J connectivity index is 1.75. The van der Waals surface area contributed by atoms with Gasteiger partial charge in [0, 0.05) is 13.2 Å². The molecule has 0 spiro atoms. The van der Waals surface area contributed by atoms with Crippen molar-refractivity contribution in [1.82, 2.24) is 0 Å². The maximum Gasteiger partial charge on any atom is 0.157 e. The summed E-state index contributed by atoms with van der Waals surface area (Å²) in [7, 11) is 0. The fourth-order valence-corrected chi connectivity index (χ4v) is 2.55. The van der Waals surface area contributed by atoms with E-state index in [2.05, 4.69) is 32.7 Å². The average molecular weight is 366 g/mol. The van der Waals surface area contributed by atoms with Gasteiger partial charge in [0.25, 0.3) is 0 Å². The molecule has 0 radical (unpaired) electrons. The Morgan fingerprint density at radius 1 is 1.06 bits per heavy atom. The third-order valence-electron chi connectivity index (χ3n) is 3.30. The lowest BCUT2D eigenvalue weighted by Gasteiger charge is -2.22. The molecule has 106 valence electrons. The summed E-state index contributed by atoms with van der Waals surface area (Å²) in [5.74, 6) is 0. The van der Waals surface area contributed by atoms with Crippen molar-refractivity contribution < 1.29 is 9.47 Å². The monoisotopic (exact) mass is 366 g/mol. The van der Waals surface area contributed by atoms with Crippen LogP contribution in [0.3, 0.4) is 0 Å². The summed E-state index contributed by atoms with van der Waals surface area (Å²) in [6.07, 6.45) is 15.1. The fourth-order valence-electron chi connectivity index (χ4n) is 2.19. The molecule has 0 aliphatic carbocycles. The molecule has 0 aromatic carbocycles. The van der Waals surface area contributed by atoms with Gasteiger partial charge >= 0.3 is 0 Å². The summed E-state index contributed by atoms with van der Waals surface area (Å²) >= 11 is 2.28. The summed E-state index contributed by atoms with van der Waals surface area (Å²) in [5, 5.41) is 0. The largest absolute Gasteiger partial charge is 0.353 e. The van der Waals surface area contributed by atoms with Gasteiger partial charge in [0.15, 0.2) is 6.29 Å². The standard InChI is InChI=1S/C15H27IO2/c16-12-8-5-3-1-2-4-6-9-13-17-15-11-7-10-14-18-15/h8,12,15H,1-7,9-11,13-14H2/b12-8+. The number of allylic oxidation sites excluding steroid dienone is 1. The van der Waals surface area contributed by atoms with Gasteiger partial charge in [0.1, 0.15) is 0 Å². The summed E-state index contributed by atoms with van der Waals surface area (Å²) in [4.78, 5) is 0. The van der Waals surface area contributed by atoms with Crippen molar-refractivity contribution in [2.75, 3.05) is 13.2 Å². The average Bonchev–Trinajstić information content (AvgIpc) is 2.42. The first-order chi connectivity index (χ1) is 8.93. The second-order valence-electron chi connectivity index (χ2n) is 4.94. The van der Waals surface area contributed by atoms with Crippen molar-refractivity contribution in [2.45, 2.75) is 70.5 Å². The molecule has 1 rings (SSSR count). The lowest BCUT2D eigenvalue weighted by molar-refractivity contribution is -0.162. The Hall–Kier alpha value is 0.390.